The Balaban J connectivity index is 1.32. The molecule has 1 saturated carbocycles. The highest BCUT2D eigenvalue weighted by Crippen LogP contribution is 2.43. The van der Waals surface area contributed by atoms with Crippen molar-refractivity contribution in [3.8, 4) is 5.75 Å². The Labute approximate surface area is 168 Å². The van der Waals surface area contributed by atoms with Crippen molar-refractivity contribution >= 4 is 23.5 Å². The van der Waals surface area contributed by atoms with Crippen LogP contribution in [0.25, 0.3) is 0 Å². The van der Waals surface area contributed by atoms with Gasteiger partial charge in [-0.25, -0.2) is 9.18 Å². The smallest absolute Gasteiger partial charge is 0.322 e. The molecule has 0 bridgehead atoms. The molecule has 29 heavy (non-hydrogen) atoms. The number of carbonyl (C=O) groups is 3. The van der Waals surface area contributed by atoms with Crippen molar-refractivity contribution in [2.45, 2.75) is 31.2 Å². The van der Waals surface area contributed by atoms with Gasteiger partial charge >= 0.3 is 6.03 Å². The van der Waals surface area contributed by atoms with Gasteiger partial charge in [-0.1, -0.05) is 0 Å². The molecule has 1 aromatic rings. The maximum atomic E-state index is 13.6. The molecule has 2 N–H and O–H groups in total. The molecule has 0 radical (unpaired) electrons. The number of amides is 4. The number of imide groups is 1. The Morgan fingerprint density at radius 3 is 2.55 bits per heavy atom. The molecule has 4 amide bonds. The van der Waals surface area contributed by atoms with Gasteiger partial charge in [-0.05, 0) is 37.3 Å². The van der Waals surface area contributed by atoms with Crippen molar-refractivity contribution in [3.05, 3.63) is 24.0 Å². The zero-order chi connectivity index (χ0) is 20.6. The lowest BCUT2D eigenvalue weighted by molar-refractivity contribution is -0.132. The molecule has 9 heteroatoms. The van der Waals surface area contributed by atoms with Crippen LogP contribution in [0.2, 0.25) is 0 Å². The summed E-state index contributed by atoms with van der Waals surface area (Å²) in [5, 5.41) is 5.07. The van der Waals surface area contributed by atoms with Crippen LogP contribution in [-0.4, -0.2) is 61.6 Å². The predicted octanol–water partition coefficient (Wildman–Crippen LogP) is 1.25. The van der Waals surface area contributed by atoms with Crippen molar-refractivity contribution in [3.63, 3.8) is 0 Å². The highest BCUT2D eigenvalue weighted by atomic mass is 19.1. The molecule has 2 saturated heterocycles. The highest BCUT2D eigenvalue weighted by molar-refractivity contribution is 6.07. The van der Waals surface area contributed by atoms with Gasteiger partial charge in [0.1, 0.15) is 5.54 Å². The second-order valence-electron chi connectivity index (χ2n) is 7.84. The molecule has 1 atom stereocenters. The molecule has 8 nitrogen and oxygen atoms in total. The summed E-state index contributed by atoms with van der Waals surface area (Å²) in [4.78, 5) is 40.5. The van der Waals surface area contributed by atoms with E-state index in [9.17, 15) is 18.8 Å². The zero-order valence-electron chi connectivity index (χ0n) is 16.4. The summed E-state index contributed by atoms with van der Waals surface area (Å²) in [7, 11) is 1.43. The van der Waals surface area contributed by atoms with E-state index in [4.69, 9.17) is 4.74 Å². The molecule has 4 rings (SSSR count). The first kappa shape index (κ1) is 19.5. The Hall–Kier alpha value is -2.84. The number of anilines is 1. The lowest BCUT2D eigenvalue weighted by atomic mass is 9.87. The number of halogens is 1. The van der Waals surface area contributed by atoms with E-state index in [2.05, 4.69) is 15.5 Å². The van der Waals surface area contributed by atoms with Gasteiger partial charge in [0.2, 0.25) is 5.91 Å². The van der Waals surface area contributed by atoms with Crippen LogP contribution in [0.15, 0.2) is 18.2 Å². The van der Waals surface area contributed by atoms with Gasteiger partial charge in [0.05, 0.1) is 7.11 Å². The van der Waals surface area contributed by atoms with Crippen LogP contribution in [0.4, 0.5) is 14.9 Å². The van der Waals surface area contributed by atoms with Crippen LogP contribution < -0.4 is 20.3 Å². The fraction of sp³-hybridized carbons (Fsp3) is 0.550. The number of urea groups is 1. The van der Waals surface area contributed by atoms with Crippen LogP contribution in [-0.2, 0) is 9.59 Å². The summed E-state index contributed by atoms with van der Waals surface area (Å²) in [6.45, 7) is 2.36. The van der Waals surface area contributed by atoms with Crippen molar-refractivity contribution in [2.24, 2.45) is 5.92 Å². The second-order valence-corrected chi connectivity index (χ2v) is 7.84. The first-order chi connectivity index (χ1) is 13.9. The minimum atomic E-state index is -0.931. The number of ether oxygens (including phenoxy) is 1. The minimum absolute atomic E-state index is 0.0182. The van der Waals surface area contributed by atoms with E-state index in [1.54, 1.807) is 17.0 Å². The topological polar surface area (TPSA) is 91.0 Å². The SMILES string of the molecule is COc1cc(N2CCN(C(=O)CCC3(C4CC4)NC(=O)NC3=O)CC2)ccc1F. The summed E-state index contributed by atoms with van der Waals surface area (Å²) >= 11 is 0. The van der Waals surface area contributed by atoms with Crippen LogP contribution in [0.5, 0.6) is 5.75 Å². The minimum Gasteiger partial charge on any atom is -0.494 e. The van der Waals surface area contributed by atoms with Crippen molar-refractivity contribution in [1.29, 1.82) is 0 Å². The maximum absolute atomic E-state index is 13.6. The molecular formula is C20H25FN4O4. The molecule has 1 unspecified atom stereocenters. The highest BCUT2D eigenvalue weighted by Gasteiger charge is 2.55. The molecule has 2 aliphatic heterocycles. The number of rotatable bonds is 6. The summed E-state index contributed by atoms with van der Waals surface area (Å²) in [6, 6.07) is 4.27. The second kappa shape index (κ2) is 7.53. The van der Waals surface area contributed by atoms with E-state index < -0.39 is 17.4 Å². The third-order valence-corrected chi connectivity index (χ3v) is 6.11. The Morgan fingerprint density at radius 2 is 1.97 bits per heavy atom. The lowest BCUT2D eigenvalue weighted by Gasteiger charge is -2.36. The average Bonchev–Trinajstić information content (AvgIpc) is 3.53. The Bertz CT molecular complexity index is 836. The van der Waals surface area contributed by atoms with Gasteiger partial charge < -0.3 is 19.9 Å². The van der Waals surface area contributed by atoms with E-state index >= 15 is 0 Å². The first-order valence-corrected chi connectivity index (χ1v) is 9.93. The van der Waals surface area contributed by atoms with Gasteiger partial charge in [0.15, 0.2) is 11.6 Å². The molecule has 2 heterocycles. The third kappa shape index (κ3) is 3.73. The van der Waals surface area contributed by atoms with Gasteiger partial charge in [0.25, 0.3) is 5.91 Å². The molecule has 1 aliphatic carbocycles. The standard InChI is InChI=1S/C20H25FN4O4/c1-29-16-12-14(4-5-15(16)21)24-8-10-25(11-9-24)17(26)6-7-20(13-2-3-13)18(27)22-19(28)23-20/h4-5,12-13H,2-3,6-11H2,1H3,(H2,22,23,27,28). The number of nitrogens with zero attached hydrogens (tertiary/aromatic N) is 2. The number of hydrogen-bond donors (Lipinski definition) is 2. The quantitative estimate of drug-likeness (QED) is 0.697. The number of benzene rings is 1. The van der Waals surface area contributed by atoms with E-state index in [1.807, 2.05) is 0 Å². The van der Waals surface area contributed by atoms with Gasteiger partial charge in [0, 0.05) is 44.4 Å². The fourth-order valence-corrected chi connectivity index (χ4v) is 4.27. The number of hydrogen-bond acceptors (Lipinski definition) is 5. The average molecular weight is 404 g/mol. The number of carbonyl (C=O) groups excluding carboxylic acids is 3. The third-order valence-electron chi connectivity index (χ3n) is 6.11. The molecule has 1 aromatic carbocycles. The largest absolute Gasteiger partial charge is 0.494 e. The number of nitrogens with one attached hydrogen (secondary N) is 2. The van der Waals surface area contributed by atoms with Crippen LogP contribution >= 0.6 is 0 Å². The summed E-state index contributed by atoms with van der Waals surface area (Å²) < 4.78 is 18.6. The predicted molar refractivity (Wildman–Crippen MR) is 103 cm³/mol. The van der Waals surface area contributed by atoms with E-state index in [1.165, 1.54) is 13.2 Å². The lowest BCUT2D eigenvalue weighted by Crippen LogP contribution is -2.51. The van der Waals surface area contributed by atoms with E-state index in [-0.39, 0.29) is 29.9 Å². The van der Waals surface area contributed by atoms with E-state index in [0.717, 1.165) is 18.5 Å². The normalized spacial score (nSPS) is 24.3. The Kier molecular flexibility index (Phi) is 5.06. The number of piperazine rings is 1. The Morgan fingerprint density at radius 1 is 1.24 bits per heavy atom. The molecule has 156 valence electrons. The maximum Gasteiger partial charge on any atom is 0.322 e. The number of methoxy groups -OCH3 is 1. The van der Waals surface area contributed by atoms with Gasteiger partial charge in [-0.15, -0.1) is 0 Å². The molecule has 0 aromatic heterocycles. The fourth-order valence-electron chi connectivity index (χ4n) is 4.27. The van der Waals surface area contributed by atoms with Crippen LogP contribution in [0.3, 0.4) is 0 Å². The first-order valence-electron chi connectivity index (χ1n) is 9.93. The molecule has 3 aliphatic rings. The van der Waals surface area contributed by atoms with Gasteiger partial charge in [-0.3, -0.25) is 14.9 Å². The van der Waals surface area contributed by atoms with Crippen molar-refractivity contribution in [1.82, 2.24) is 15.5 Å². The summed E-state index contributed by atoms with van der Waals surface area (Å²) in [5.74, 6) is -0.420. The van der Waals surface area contributed by atoms with Crippen LogP contribution in [0, 0.1) is 11.7 Å². The molecule has 3 fully saturated rings. The van der Waals surface area contributed by atoms with E-state index in [0.29, 0.717) is 32.6 Å². The van der Waals surface area contributed by atoms with Crippen molar-refractivity contribution in [2.75, 3.05) is 38.2 Å². The summed E-state index contributed by atoms with van der Waals surface area (Å²) in [5.41, 5.74) is -0.0763. The summed E-state index contributed by atoms with van der Waals surface area (Å²) in [6.07, 6.45) is 2.32. The zero-order valence-corrected chi connectivity index (χ0v) is 16.4. The van der Waals surface area contributed by atoms with Crippen LogP contribution in [0.1, 0.15) is 25.7 Å². The monoisotopic (exact) mass is 404 g/mol. The molecule has 0 spiro atoms. The molecular weight excluding hydrogens is 379 g/mol. The van der Waals surface area contributed by atoms with Gasteiger partial charge in [-0.2, -0.15) is 0 Å². The van der Waals surface area contributed by atoms with Crippen molar-refractivity contribution < 1.29 is 23.5 Å².